The molecule has 0 aliphatic carbocycles. The van der Waals surface area contributed by atoms with E-state index in [1.165, 1.54) is 31.3 Å². The Bertz CT molecular complexity index is 2510. The summed E-state index contributed by atoms with van der Waals surface area (Å²) >= 11 is 1.77. The second-order valence-corrected chi connectivity index (χ2v) is 11.8. The summed E-state index contributed by atoms with van der Waals surface area (Å²) in [5.74, 6) is 0. The molecule has 8 rings (SSSR count). The first kappa shape index (κ1) is 25.5. The van der Waals surface area contributed by atoms with E-state index >= 15 is 0 Å². The fourth-order valence-corrected chi connectivity index (χ4v) is 7.46. The molecule has 0 saturated heterocycles. The van der Waals surface area contributed by atoms with Gasteiger partial charge in [0.15, 0.2) is 0 Å². The summed E-state index contributed by atoms with van der Waals surface area (Å²) in [6.45, 7) is 0. The Morgan fingerprint density at radius 2 is 1.18 bits per heavy atom. The Morgan fingerprint density at radius 1 is 0.477 bits per heavy atom. The predicted octanol–water partition coefficient (Wildman–Crippen LogP) is 10.1. The number of thiophene rings is 1. The fraction of sp³-hybridized carbons (Fsp3) is 0. The zero-order chi connectivity index (χ0) is 29.8. The number of aromatic nitrogens is 1. The van der Waals surface area contributed by atoms with Crippen molar-refractivity contribution in [2.75, 3.05) is 0 Å². The van der Waals surface area contributed by atoms with Crippen molar-refractivity contribution in [2.45, 2.75) is 0 Å². The first-order valence-corrected chi connectivity index (χ1v) is 14.9. The average molecular weight is 577 g/mol. The van der Waals surface area contributed by atoms with E-state index in [-0.39, 0.29) is 0 Å². The number of nitriles is 3. The first-order valence-electron chi connectivity index (χ1n) is 14.1. The summed E-state index contributed by atoms with van der Waals surface area (Å²) in [5, 5.41) is 33.5. The summed E-state index contributed by atoms with van der Waals surface area (Å²) in [5.41, 5.74) is 8.71. The van der Waals surface area contributed by atoms with Crippen LogP contribution in [0, 0.1) is 34.0 Å². The lowest BCUT2D eigenvalue weighted by Crippen LogP contribution is -1.96. The topological polar surface area (TPSA) is 76.3 Å². The van der Waals surface area contributed by atoms with E-state index in [2.05, 4.69) is 89.5 Å². The monoisotopic (exact) mass is 576 g/mol. The van der Waals surface area contributed by atoms with Crippen LogP contribution in [0.1, 0.15) is 16.7 Å². The van der Waals surface area contributed by atoms with Crippen LogP contribution in [0.2, 0.25) is 0 Å². The minimum Gasteiger partial charge on any atom is -0.309 e. The normalized spacial score (nSPS) is 11.1. The van der Waals surface area contributed by atoms with Crippen LogP contribution >= 0.6 is 11.3 Å². The maximum absolute atomic E-state index is 10.1. The van der Waals surface area contributed by atoms with Gasteiger partial charge in [0, 0.05) is 36.6 Å². The molecule has 6 aromatic carbocycles. The molecular weight excluding hydrogens is 557 g/mol. The quantitative estimate of drug-likeness (QED) is 0.210. The Balaban J connectivity index is 1.37. The Kier molecular flexibility index (Phi) is 5.78. The molecular formula is C39H20N4S. The lowest BCUT2D eigenvalue weighted by molar-refractivity contribution is 1.18. The molecule has 8 aromatic rings. The highest BCUT2D eigenvalue weighted by Gasteiger charge is 2.17. The van der Waals surface area contributed by atoms with Gasteiger partial charge >= 0.3 is 0 Å². The third kappa shape index (κ3) is 3.95. The minimum absolute atomic E-state index is 0.553. The van der Waals surface area contributed by atoms with E-state index in [1.54, 1.807) is 23.5 Å². The predicted molar refractivity (Wildman–Crippen MR) is 179 cm³/mol. The van der Waals surface area contributed by atoms with Crippen LogP contribution in [-0.2, 0) is 0 Å². The maximum Gasteiger partial charge on any atom is 0.0992 e. The molecule has 0 saturated carbocycles. The Hall–Kier alpha value is -6.19. The van der Waals surface area contributed by atoms with Gasteiger partial charge < -0.3 is 4.57 Å². The molecule has 202 valence electrons. The molecule has 2 heterocycles. The molecule has 0 N–H and O–H groups in total. The number of benzene rings is 6. The van der Waals surface area contributed by atoms with Crippen LogP contribution in [0.15, 0.2) is 121 Å². The lowest BCUT2D eigenvalue weighted by Gasteiger charge is -2.12. The Labute approximate surface area is 257 Å². The molecule has 0 bridgehead atoms. The second-order valence-electron chi connectivity index (χ2n) is 10.8. The number of fused-ring (bicyclic) bond motifs is 6. The average Bonchev–Trinajstić information content (AvgIpc) is 3.62. The highest BCUT2D eigenvalue weighted by Crippen LogP contribution is 2.42. The molecule has 0 aliphatic heterocycles. The van der Waals surface area contributed by atoms with E-state index in [0.29, 0.717) is 16.7 Å². The van der Waals surface area contributed by atoms with Crippen LogP contribution in [0.25, 0.3) is 69.9 Å². The maximum atomic E-state index is 10.1. The fourth-order valence-electron chi connectivity index (χ4n) is 6.24. The Morgan fingerprint density at radius 3 is 1.86 bits per heavy atom. The molecule has 4 nitrogen and oxygen atoms in total. The number of hydrogen-bond acceptors (Lipinski definition) is 4. The SMILES string of the molecule is N#Cc1cc(-c2cccc3c2sc2ccc(-c4ccccc4)cc23)cc(-n2c3ccc(C#N)cc3c3cc(C#N)ccc32)c1. The third-order valence-electron chi connectivity index (χ3n) is 8.24. The third-order valence-corrected chi connectivity index (χ3v) is 9.46. The van der Waals surface area contributed by atoms with Crippen LogP contribution in [0.4, 0.5) is 0 Å². The molecule has 0 spiro atoms. The smallest absolute Gasteiger partial charge is 0.0992 e. The molecule has 44 heavy (non-hydrogen) atoms. The van der Waals surface area contributed by atoms with Gasteiger partial charge in [-0.1, -0.05) is 54.6 Å². The van der Waals surface area contributed by atoms with E-state index in [9.17, 15) is 15.8 Å². The lowest BCUT2D eigenvalue weighted by atomic mass is 9.99. The summed E-state index contributed by atoms with van der Waals surface area (Å²) in [6, 6.07) is 47.5. The number of nitrogens with zero attached hydrogens (tertiary/aromatic N) is 4. The number of hydrogen-bond donors (Lipinski definition) is 0. The molecule has 5 heteroatoms. The summed E-state index contributed by atoms with van der Waals surface area (Å²) < 4.78 is 4.51. The summed E-state index contributed by atoms with van der Waals surface area (Å²) in [6.07, 6.45) is 0. The van der Waals surface area contributed by atoms with Gasteiger partial charge in [0.05, 0.1) is 45.9 Å². The number of rotatable bonds is 3. The van der Waals surface area contributed by atoms with E-state index < -0.39 is 0 Å². The molecule has 2 aromatic heterocycles. The van der Waals surface area contributed by atoms with E-state index in [0.717, 1.165) is 38.6 Å². The van der Waals surface area contributed by atoms with Crippen LogP contribution in [0.5, 0.6) is 0 Å². The van der Waals surface area contributed by atoms with Gasteiger partial charge in [0.1, 0.15) is 0 Å². The molecule has 0 unspecified atom stereocenters. The molecule has 0 aliphatic rings. The van der Waals surface area contributed by atoms with Crippen molar-refractivity contribution in [3.63, 3.8) is 0 Å². The zero-order valence-electron chi connectivity index (χ0n) is 23.2. The van der Waals surface area contributed by atoms with Gasteiger partial charge in [-0.15, -0.1) is 11.3 Å². The standard InChI is InChI=1S/C39H20N4S/c40-21-24-9-12-36-33(17-24)34-18-25(22-41)10-13-37(34)43(36)30-16-26(23-42)15-29(19-30)31-7-4-8-32-35-20-28(27-5-2-1-3-6-27)11-14-38(35)44-39(31)32/h1-20H. The van der Waals surface area contributed by atoms with E-state index in [4.69, 9.17) is 0 Å². The van der Waals surface area contributed by atoms with Crippen LogP contribution in [-0.4, -0.2) is 4.57 Å². The van der Waals surface area contributed by atoms with Gasteiger partial charge in [-0.3, -0.25) is 0 Å². The zero-order valence-corrected chi connectivity index (χ0v) is 24.1. The van der Waals surface area contributed by atoms with Crippen molar-refractivity contribution in [1.29, 1.82) is 15.8 Å². The molecule has 0 radical (unpaired) electrons. The van der Waals surface area contributed by atoms with Crippen molar-refractivity contribution in [1.82, 2.24) is 4.57 Å². The van der Waals surface area contributed by atoms with Crippen molar-refractivity contribution in [3.05, 3.63) is 138 Å². The van der Waals surface area contributed by atoms with Crippen molar-refractivity contribution in [2.24, 2.45) is 0 Å². The highest BCUT2D eigenvalue weighted by molar-refractivity contribution is 7.26. The summed E-state index contributed by atoms with van der Waals surface area (Å²) in [7, 11) is 0. The van der Waals surface area contributed by atoms with E-state index in [1.807, 2.05) is 42.5 Å². The first-order chi connectivity index (χ1) is 21.6. The highest BCUT2D eigenvalue weighted by atomic mass is 32.1. The summed E-state index contributed by atoms with van der Waals surface area (Å²) in [4.78, 5) is 0. The minimum atomic E-state index is 0.553. The second kappa shape index (κ2) is 9.97. The van der Waals surface area contributed by atoms with Crippen molar-refractivity contribution >= 4 is 53.3 Å². The molecule has 0 amide bonds. The van der Waals surface area contributed by atoms with Crippen LogP contribution in [0.3, 0.4) is 0 Å². The van der Waals surface area contributed by atoms with Gasteiger partial charge in [-0.2, -0.15) is 15.8 Å². The largest absolute Gasteiger partial charge is 0.309 e. The van der Waals surface area contributed by atoms with Gasteiger partial charge in [-0.05, 0) is 89.0 Å². The van der Waals surface area contributed by atoms with Crippen molar-refractivity contribution < 1.29 is 0 Å². The molecule has 0 fully saturated rings. The van der Waals surface area contributed by atoms with Gasteiger partial charge in [-0.25, -0.2) is 0 Å². The van der Waals surface area contributed by atoms with Crippen molar-refractivity contribution in [3.8, 4) is 46.1 Å². The van der Waals surface area contributed by atoms with Gasteiger partial charge in [0.25, 0.3) is 0 Å². The van der Waals surface area contributed by atoms with Gasteiger partial charge in [0.2, 0.25) is 0 Å². The molecule has 0 atom stereocenters. The van der Waals surface area contributed by atoms with Crippen LogP contribution < -0.4 is 0 Å².